The summed E-state index contributed by atoms with van der Waals surface area (Å²) in [6, 6.07) is 38.7. The number of aromatic nitrogens is 2. The Kier molecular flexibility index (Phi) is 10.5. The molecule has 8 nitrogen and oxygen atoms in total. The number of thioether (sulfide) groups is 1. The minimum Gasteiger partial charge on any atom is -0.321 e. The van der Waals surface area contributed by atoms with Gasteiger partial charge in [-0.1, -0.05) is 91.0 Å². The number of amides is 3. The number of benzene rings is 4. The maximum Gasteiger partial charge on any atom is 0.272 e. The van der Waals surface area contributed by atoms with E-state index in [-0.39, 0.29) is 11.6 Å². The number of pyridine rings is 1. The van der Waals surface area contributed by atoms with Crippen molar-refractivity contribution in [1.82, 2.24) is 15.3 Å². The Morgan fingerprint density at radius 2 is 1.50 bits per heavy atom. The molecule has 3 amide bonds. The predicted molar refractivity (Wildman–Crippen MR) is 192 cm³/mol. The quantitative estimate of drug-likeness (QED) is 0.0951. The van der Waals surface area contributed by atoms with Crippen LogP contribution in [0.5, 0.6) is 0 Å². The van der Waals surface area contributed by atoms with E-state index in [1.807, 2.05) is 78.2 Å². The van der Waals surface area contributed by atoms with Crippen LogP contribution in [-0.4, -0.2) is 27.7 Å². The van der Waals surface area contributed by atoms with Crippen LogP contribution in [0.2, 0.25) is 0 Å². The van der Waals surface area contributed by atoms with E-state index < -0.39 is 17.1 Å². The number of hydrogen-bond donors (Lipinski definition) is 3. The average molecular weight is 668 g/mol. The number of nitrogens with one attached hydrogen (secondary N) is 3. The molecular formula is C38H29N5O3S2. The Morgan fingerprint density at radius 3 is 2.23 bits per heavy atom. The molecule has 1 unspecified atom stereocenters. The van der Waals surface area contributed by atoms with Crippen LogP contribution in [0.4, 0.5) is 10.8 Å². The maximum absolute atomic E-state index is 13.7. The first kappa shape index (κ1) is 32.1. The maximum atomic E-state index is 13.7. The van der Waals surface area contributed by atoms with Gasteiger partial charge in [-0.05, 0) is 53.6 Å². The molecule has 0 aliphatic heterocycles. The lowest BCUT2D eigenvalue weighted by Crippen LogP contribution is -2.30. The normalized spacial score (nSPS) is 11.7. The molecule has 0 bridgehead atoms. The third-order valence-electron chi connectivity index (χ3n) is 7.01. The summed E-state index contributed by atoms with van der Waals surface area (Å²) in [6.45, 7) is 0. The lowest BCUT2D eigenvalue weighted by Gasteiger charge is -2.17. The molecule has 3 N–H and O–H groups in total. The zero-order valence-electron chi connectivity index (χ0n) is 25.4. The van der Waals surface area contributed by atoms with Gasteiger partial charge in [-0.3, -0.25) is 19.4 Å². The SMILES string of the molecule is O=C(Nc1cccc(SC(C(=O)Nc2nc(-c3ccccc3)cs2)c2ccccc2)c1)/C(=C/c1cccnc1)NC(=O)c1ccccc1. The van der Waals surface area contributed by atoms with Crippen molar-refractivity contribution in [1.29, 1.82) is 0 Å². The first-order valence-electron chi connectivity index (χ1n) is 14.9. The van der Waals surface area contributed by atoms with Gasteiger partial charge < -0.3 is 16.0 Å². The van der Waals surface area contributed by atoms with Crippen LogP contribution in [0.1, 0.15) is 26.7 Å². The predicted octanol–water partition coefficient (Wildman–Crippen LogP) is 8.09. The molecule has 0 saturated carbocycles. The fraction of sp³-hybridized carbons (Fsp3) is 0.0263. The van der Waals surface area contributed by atoms with E-state index in [4.69, 9.17) is 0 Å². The number of carbonyl (C=O) groups excluding carboxylic acids is 3. The fourth-order valence-electron chi connectivity index (χ4n) is 4.70. The van der Waals surface area contributed by atoms with Crippen LogP contribution in [0.25, 0.3) is 17.3 Å². The van der Waals surface area contributed by atoms with Gasteiger partial charge in [0.15, 0.2) is 5.13 Å². The molecule has 0 radical (unpaired) electrons. The van der Waals surface area contributed by atoms with Crippen molar-refractivity contribution in [2.24, 2.45) is 0 Å². The van der Waals surface area contributed by atoms with Crippen molar-refractivity contribution in [3.63, 3.8) is 0 Å². The molecule has 2 heterocycles. The van der Waals surface area contributed by atoms with Crippen LogP contribution in [0.15, 0.2) is 156 Å². The van der Waals surface area contributed by atoms with Crippen LogP contribution in [0, 0.1) is 0 Å². The summed E-state index contributed by atoms with van der Waals surface area (Å²) in [6.07, 6.45) is 4.80. The van der Waals surface area contributed by atoms with E-state index in [2.05, 4.69) is 25.9 Å². The zero-order valence-corrected chi connectivity index (χ0v) is 27.1. The van der Waals surface area contributed by atoms with Crippen molar-refractivity contribution >= 4 is 57.7 Å². The molecular weight excluding hydrogens is 639 g/mol. The highest BCUT2D eigenvalue weighted by molar-refractivity contribution is 8.00. The van der Waals surface area contributed by atoms with Gasteiger partial charge >= 0.3 is 0 Å². The highest BCUT2D eigenvalue weighted by Crippen LogP contribution is 2.38. The highest BCUT2D eigenvalue weighted by Gasteiger charge is 2.24. The summed E-state index contributed by atoms with van der Waals surface area (Å²) in [5.74, 6) is -1.15. The topological polar surface area (TPSA) is 113 Å². The average Bonchev–Trinajstić information content (AvgIpc) is 3.60. The Balaban J connectivity index is 1.20. The molecule has 0 saturated heterocycles. The molecule has 6 rings (SSSR count). The largest absolute Gasteiger partial charge is 0.321 e. The van der Waals surface area contributed by atoms with E-state index in [1.54, 1.807) is 73.1 Å². The Bertz CT molecular complexity index is 2040. The third-order valence-corrected chi connectivity index (χ3v) is 9.02. The van der Waals surface area contributed by atoms with Crippen LogP contribution in [-0.2, 0) is 9.59 Å². The minimum atomic E-state index is -0.604. The number of rotatable bonds is 11. The number of hydrogen-bond acceptors (Lipinski definition) is 7. The van der Waals surface area contributed by atoms with Gasteiger partial charge in [-0.25, -0.2) is 4.98 Å². The van der Waals surface area contributed by atoms with Crippen molar-refractivity contribution in [2.75, 3.05) is 10.6 Å². The van der Waals surface area contributed by atoms with Gasteiger partial charge in [-0.15, -0.1) is 23.1 Å². The Labute approximate surface area is 286 Å². The molecule has 2 aromatic heterocycles. The Morgan fingerprint density at radius 1 is 0.771 bits per heavy atom. The summed E-state index contributed by atoms with van der Waals surface area (Å²) < 4.78 is 0. The van der Waals surface area contributed by atoms with Crippen molar-refractivity contribution < 1.29 is 14.4 Å². The summed E-state index contributed by atoms with van der Waals surface area (Å²) >= 11 is 2.72. The van der Waals surface area contributed by atoms with Crippen molar-refractivity contribution in [3.05, 3.63) is 168 Å². The number of nitrogens with zero attached hydrogens (tertiary/aromatic N) is 2. The van der Waals surface area contributed by atoms with Crippen LogP contribution in [0.3, 0.4) is 0 Å². The number of thiazole rings is 1. The van der Waals surface area contributed by atoms with E-state index >= 15 is 0 Å². The first-order chi connectivity index (χ1) is 23.5. The molecule has 4 aromatic carbocycles. The summed E-state index contributed by atoms with van der Waals surface area (Å²) in [4.78, 5) is 49.8. The highest BCUT2D eigenvalue weighted by atomic mass is 32.2. The minimum absolute atomic E-state index is 0.0507. The van der Waals surface area contributed by atoms with Crippen molar-refractivity contribution in [3.8, 4) is 11.3 Å². The third kappa shape index (κ3) is 8.49. The van der Waals surface area contributed by atoms with Gasteiger partial charge in [0.1, 0.15) is 10.9 Å². The molecule has 48 heavy (non-hydrogen) atoms. The smallest absolute Gasteiger partial charge is 0.272 e. The van der Waals surface area contributed by atoms with Crippen LogP contribution >= 0.6 is 23.1 Å². The van der Waals surface area contributed by atoms with E-state index in [1.165, 1.54) is 23.1 Å². The lowest BCUT2D eigenvalue weighted by atomic mass is 10.1. The standard InChI is InChI=1S/C38H29N5O3S2/c44-35(29-17-8-3-9-18-29)41-32(22-26-12-11-21-39-24-26)36(45)40-30-19-10-20-31(23-30)48-34(28-15-6-2-7-16-28)37(46)43-38-42-33(25-47-38)27-13-4-1-5-14-27/h1-25,34H,(H,40,45)(H,41,44)(H,42,43,46)/b32-22-. The molecule has 1 atom stereocenters. The van der Waals surface area contributed by atoms with E-state index in [9.17, 15) is 14.4 Å². The summed E-state index contributed by atoms with van der Waals surface area (Å²) in [5, 5.41) is 10.4. The lowest BCUT2D eigenvalue weighted by molar-refractivity contribution is -0.116. The first-order valence-corrected chi connectivity index (χ1v) is 16.7. The van der Waals surface area contributed by atoms with Crippen LogP contribution < -0.4 is 16.0 Å². The zero-order chi connectivity index (χ0) is 33.1. The fourth-order valence-corrected chi connectivity index (χ4v) is 6.50. The summed E-state index contributed by atoms with van der Waals surface area (Å²) in [5.41, 5.74) is 4.19. The second-order valence-electron chi connectivity index (χ2n) is 10.4. The second-order valence-corrected chi connectivity index (χ2v) is 12.5. The molecule has 0 aliphatic carbocycles. The molecule has 10 heteroatoms. The van der Waals surface area contributed by atoms with Crippen molar-refractivity contribution in [2.45, 2.75) is 10.1 Å². The summed E-state index contributed by atoms with van der Waals surface area (Å²) in [7, 11) is 0. The van der Waals surface area contributed by atoms with Gasteiger partial charge in [0.05, 0.1) is 5.69 Å². The Hall–Kier alpha value is -5.84. The number of carbonyl (C=O) groups is 3. The molecule has 6 aromatic rings. The second kappa shape index (κ2) is 15.6. The monoisotopic (exact) mass is 667 g/mol. The number of anilines is 2. The molecule has 0 spiro atoms. The van der Waals surface area contributed by atoms with Gasteiger partial charge in [0.25, 0.3) is 11.8 Å². The van der Waals surface area contributed by atoms with E-state index in [0.29, 0.717) is 21.9 Å². The van der Waals surface area contributed by atoms with E-state index in [0.717, 1.165) is 21.7 Å². The van der Waals surface area contributed by atoms with Gasteiger partial charge in [0.2, 0.25) is 5.91 Å². The molecule has 0 aliphatic rings. The molecule has 0 fully saturated rings. The van der Waals surface area contributed by atoms with Gasteiger partial charge in [-0.2, -0.15) is 0 Å². The van der Waals surface area contributed by atoms with Gasteiger partial charge in [0, 0.05) is 39.5 Å². The molecule has 236 valence electrons.